The van der Waals surface area contributed by atoms with Crippen LogP contribution in [0.2, 0.25) is 0 Å². The molecule has 0 amide bonds. The third-order valence-corrected chi connectivity index (χ3v) is 6.65. The average molecular weight is 668 g/mol. The number of benzene rings is 4. The Hall–Kier alpha value is -4.13. The zero-order chi connectivity index (χ0) is 24.9. The Morgan fingerprint density at radius 2 is 0.842 bits per heavy atom. The molecular weight excluding hydrogens is 643 g/mol. The van der Waals surface area contributed by atoms with Crippen LogP contribution in [0.25, 0.3) is 22.5 Å². The van der Waals surface area contributed by atoms with Crippen LogP contribution in [0, 0.1) is 12.1 Å². The van der Waals surface area contributed by atoms with Gasteiger partial charge in [-0.1, -0.05) is 84.9 Å². The van der Waals surface area contributed by atoms with Crippen LogP contribution in [0.5, 0.6) is 0 Å². The molecule has 2 heterocycles. The Kier molecular flexibility index (Phi) is 7.72. The molecule has 0 saturated heterocycles. The van der Waals surface area contributed by atoms with Gasteiger partial charge in [0.25, 0.3) is 0 Å². The van der Waals surface area contributed by atoms with Crippen LogP contribution in [0.3, 0.4) is 0 Å². The van der Waals surface area contributed by atoms with Crippen molar-refractivity contribution in [3.63, 3.8) is 0 Å². The molecule has 0 aliphatic carbocycles. The number of nitrogens with zero attached hydrogens (tertiary/aromatic N) is 2. The van der Waals surface area contributed by atoms with Gasteiger partial charge >= 0.3 is 21.1 Å². The van der Waals surface area contributed by atoms with Crippen LogP contribution in [0.4, 0.5) is 0 Å². The molecule has 0 N–H and O–H groups in total. The van der Waals surface area contributed by atoms with Crippen molar-refractivity contribution < 1.29 is 21.1 Å². The fraction of sp³-hybridized carbons (Fsp3) is 0.0286. The SMILES string of the molecule is [Pt+2].[c-]1ccccc1-c1cccc(C(c2ccccc2)(c2ccccc2)c2cccc(-c3[c-]cccc3)n2)n1. The molecule has 3 heteroatoms. The fourth-order valence-electron chi connectivity index (χ4n) is 4.96. The third-order valence-electron chi connectivity index (χ3n) is 6.65. The molecule has 0 radical (unpaired) electrons. The molecule has 2 aromatic heterocycles. The van der Waals surface area contributed by atoms with E-state index >= 15 is 0 Å². The first kappa shape index (κ1) is 25.5. The summed E-state index contributed by atoms with van der Waals surface area (Å²) in [5.74, 6) is 0. The molecule has 184 valence electrons. The number of pyridine rings is 2. The van der Waals surface area contributed by atoms with Gasteiger partial charge < -0.3 is 0 Å². The van der Waals surface area contributed by atoms with Gasteiger partial charge in [0.05, 0.1) is 11.4 Å². The smallest absolute Gasteiger partial charge is 0.300 e. The van der Waals surface area contributed by atoms with Gasteiger partial charge in [-0.3, -0.25) is 9.97 Å². The summed E-state index contributed by atoms with van der Waals surface area (Å²) < 4.78 is 0. The molecule has 0 fully saturated rings. The summed E-state index contributed by atoms with van der Waals surface area (Å²) in [4.78, 5) is 10.5. The van der Waals surface area contributed by atoms with Crippen LogP contribution in [0.15, 0.2) is 146 Å². The van der Waals surface area contributed by atoms with Crippen molar-refractivity contribution in [3.05, 3.63) is 180 Å². The van der Waals surface area contributed by atoms with Crippen LogP contribution >= 0.6 is 0 Å². The largest absolute Gasteiger partial charge is 2.00 e. The van der Waals surface area contributed by atoms with E-state index in [0.29, 0.717) is 0 Å². The molecule has 4 aromatic carbocycles. The first-order valence-electron chi connectivity index (χ1n) is 12.4. The van der Waals surface area contributed by atoms with E-state index in [4.69, 9.17) is 9.97 Å². The number of aromatic nitrogens is 2. The minimum absolute atomic E-state index is 0. The van der Waals surface area contributed by atoms with E-state index in [9.17, 15) is 0 Å². The summed E-state index contributed by atoms with van der Waals surface area (Å²) >= 11 is 0. The summed E-state index contributed by atoms with van der Waals surface area (Å²) in [5.41, 5.74) is 6.94. The Balaban J connectivity index is 0.00000294. The summed E-state index contributed by atoms with van der Waals surface area (Å²) in [6.45, 7) is 0. The van der Waals surface area contributed by atoms with Gasteiger partial charge in [-0.05, 0) is 34.6 Å². The molecular formula is C35H24N2Pt. The maximum atomic E-state index is 5.27. The molecule has 0 aliphatic rings. The van der Waals surface area contributed by atoms with Gasteiger partial charge in [-0.25, -0.2) is 0 Å². The molecule has 38 heavy (non-hydrogen) atoms. The van der Waals surface area contributed by atoms with Crippen molar-refractivity contribution in [1.82, 2.24) is 9.97 Å². The van der Waals surface area contributed by atoms with Gasteiger partial charge in [0.1, 0.15) is 5.41 Å². The maximum absolute atomic E-state index is 5.27. The van der Waals surface area contributed by atoms with Gasteiger partial charge in [0, 0.05) is 0 Å². The van der Waals surface area contributed by atoms with Gasteiger partial charge in [-0.2, -0.15) is 0 Å². The zero-order valence-corrected chi connectivity index (χ0v) is 22.8. The molecule has 0 saturated carbocycles. The normalized spacial score (nSPS) is 10.9. The van der Waals surface area contributed by atoms with Crippen molar-refractivity contribution in [2.24, 2.45) is 0 Å². The van der Waals surface area contributed by atoms with E-state index < -0.39 is 5.41 Å². The van der Waals surface area contributed by atoms with E-state index in [1.807, 2.05) is 72.8 Å². The maximum Gasteiger partial charge on any atom is 2.00 e. The van der Waals surface area contributed by atoms with Gasteiger partial charge in [0.2, 0.25) is 0 Å². The van der Waals surface area contributed by atoms with E-state index in [2.05, 4.69) is 84.9 Å². The number of rotatable bonds is 6. The van der Waals surface area contributed by atoms with E-state index in [0.717, 1.165) is 45.0 Å². The predicted molar refractivity (Wildman–Crippen MR) is 149 cm³/mol. The molecule has 2 nitrogen and oxygen atoms in total. The van der Waals surface area contributed by atoms with Crippen molar-refractivity contribution in [2.45, 2.75) is 5.41 Å². The second kappa shape index (κ2) is 11.5. The standard InChI is InChI=1S/C35H24N2.Pt/c1-5-15-27(16-6-1)31-23-13-25-33(36-31)35(29-19-9-3-10-20-29,30-21-11-4-12-22-30)34-26-14-24-32(37-34)28-17-7-2-8-18-28;/h1-15,17,19-26H;/q-2;+2. The third kappa shape index (κ3) is 4.76. The molecule has 0 atom stereocenters. The van der Waals surface area contributed by atoms with Gasteiger partial charge in [-0.15, -0.1) is 71.8 Å². The molecule has 0 unspecified atom stereocenters. The second-order valence-corrected chi connectivity index (χ2v) is 8.85. The summed E-state index contributed by atoms with van der Waals surface area (Å²) in [6, 6.07) is 56.1. The summed E-state index contributed by atoms with van der Waals surface area (Å²) in [5, 5.41) is 0. The molecule has 0 bridgehead atoms. The molecule has 6 aromatic rings. The average Bonchev–Trinajstić information content (AvgIpc) is 3.00. The molecule has 0 aliphatic heterocycles. The Morgan fingerprint density at radius 3 is 1.24 bits per heavy atom. The predicted octanol–water partition coefficient (Wildman–Crippen LogP) is 7.79. The first-order valence-corrected chi connectivity index (χ1v) is 12.4. The minimum Gasteiger partial charge on any atom is -0.300 e. The van der Waals surface area contributed by atoms with Gasteiger partial charge in [0.15, 0.2) is 0 Å². The van der Waals surface area contributed by atoms with Crippen LogP contribution in [0.1, 0.15) is 22.5 Å². The van der Waals surface area contributed by atoms with E-state index in [1.54, 1.807) is 0 Å². The van der Waals surface area contributed by atoms with E-state index in [1.165, 1.54) is 0 Å². The fourth-order valence-corrected chi connectivity index (χ4v) is 4.96. The quantitative estimate of drug-likeness (QED) is 0.170. The summed E-state index contributed by atoms with van der Waals surface area (Å²) in [7, 11) is 0. The monoisotopic (exact) mass is 667 g/mol. The van der Waals surface area contributed by atoms with Crippen molar-refractivity contribution in [1.29, 1.82) is 0 Å². The number of hydrogen-bond acceptors (Lipinski definition) is 2. The van der Waals surface area contributed by atoms with Crippen molar-refractivity contribution in [3.8, 4) is 22.5 Å². The molecule has 0 spiro atoms. The Morgan fingerprint density at radius 1 is 0.421 bits per heavy atom. The second-order valence-electron chi connectivity index (χ2n) is 8.85. The topological polar surface area (TPSA) is 25.8 Å². The zero-order valence-electron chi connectivity index (χ0n) is 20.6. The van der Waals surface area contributed by atoms with Crippen molar-refractivity contribution in [2.75, 3.05) is 0 Å². The van der Waals surface area contributed by atoms with Crippen LogP contribution in [-0.2, 0) is 26.5 Å². The van der Waals surface area contributed by atoms with Crippen LogP contribution < -0.4 is 0 Å². The van der Waals surface area contributed by atoms with Crippen LogP contribution in [-0.4, -0.2) is 9.97 Å². The first-order chi connectivity index (χ1) is 18.4. The number of hydrogen-bond donors (Lipinski definition) is 0. The summed E-state index contributed by atoms with van der Waals surface area (Å²) in [6.07, 6.45) is 0. The van der Waals surface area contributed by atoms with E-state index in [-0.39, 0.29) is 21.1 Å². The Bertz CT molecular complexity index is 1480. The Labute approximate surface area is 238 Å². The minimum atomic E-state index is -0.738. The molecule has 6 rings (SSSR count). The van der Waals surface area contributed by atoms with Crippen molar-refractivity contribution >= 4 is 0 Å².